The number of hydrogen-bond acceptors (Lipinski definition) is 4. The lowest BCUT2D eigenvalue weighted by Gasteiger charge is -2.18. The Morgan fingerprint density at radius 3 is 2.75 bits per heavy atom. The Kier molecular flexibility index (Phi) is 5.11. The van der Waals surface area contributed by atoms with Crippen LogP contribution < -0.4 is 4.72 Å². The number of sulfonamides is 1. The van der Waals surface area contributed by atoms with Crippen LogP contribution in [0.5, 0.6) is 0 Å². The third-order valence-corrected chi connectivity index (χ3v) is 5.68. The highest BCUT2D eigenvalue weighted by molar-refractivity contribution is 9.09. The van der Waals surface area contributed by atoms with E-state index in [2.05, 4.69) is 43.2 Å². The van der Waals surface area contributed by atoms with Crippen molar-refractivity contribution in [1.29, 1.82) is 0 Å². The Balaban J connectivity index is 2.28. The van der Waals surface area contributed by atoms with E-state index in [0.29, 0.717) is 22.6 Å². The number of nitrogens with zero attached hydrogens (tertiary/aromatic N) is 2. The molecule has 0 spiro atoms. The van der Waals surface area contributed by atoms with Gasteiger partial charge in [-0.2, -0.15) is 8.73 Å². The summed E-state index contributed by atoms with van der Waals surface area (Å²) in [6.07, 6.45) is 0.774. The van der Waals surface area contributed by atoms with Crippen LogP contribution in [-0.2, 0) is 21.4 Å². The zero-order valence-corrected chi connectivity index (χ0v) is 14.4. The van der Waals surface area contributed by atoms with Crippen molar-refractivity contribution in [3.05, 3.63) is 18.2 Å². The normalized spacial score (nSPS) is 15.2. The third-order valence-electron chi connectivity index (χ3n) is 2.80. The number of alkyl halides is 1. The van der Waals surface area contributed by atoms with Crippen molar-refractivity contribution in [2.75, 3.05) is 5.33 Å². The monoisotopic (exact) mass is 377 g/mol. The van der Waals surface area contributed by atoms with Gasteiger partial charge >= 0.3 is 0 Å². The van der Waals surface area contributed by atoms with E-state index in [-0.39, 0.29) is 10.9 Å². The van der Waals surface area contributed by atoms with E-state index in [1.165, 1.54) is 0 Å². The Morgan fingerprint density at radius 1 is 1.35 bits per heavy atom. The van der Waals surface area contributed by atoms with Gasteiger partial charge in [0, 0.05) is 11.4 Å². The van der Waals surface area contributed by atoms with Crippen LogP contribution in [0.15, 0.2) is 31.8 Å². The molecule has 1 heterocycles. The van der Waals surface area contributed by atoms with Crippen molar-refractivity contribution in [3.8, 4) is 0 Å². The number of rotatable bonds is 6. The fourth-order valence-electron chi connectivity index (χ4n) is 1.99. The summed E-state index contributed by atoms with van der Waals surface area (Å²) in [6.45, 7) is 4.13. The maximum Gasteiger partial charge on any atom is 0.243 e. The standard InChI is InChI=1S/C12H16BrN3O2S2/c1-8(2)6-9(7-13)16-20(17,18)11-5-3-4-10-12(11)15-19-14-10/h3-5,8-9,16H,6-7H2,1-2H3. The molecule has 1 aromatic carbocycles. The quantitative estimate of drug-likeness (QED) is 0.782. The fraction of sp³-hybridized carbons (Fsp3) is 0.500. The highest BCUT2D eigenvalue weighted by Crippen LogP contribution is 2.37. The van der Waals surface area contributed by atoms with E-state index in [0.717, 1.165) is 17.8 Å². The molecular formula is C12H16BrN3O2S2. The summed E-state index contributed by atoms with van der Waals surface area (Å²) in [5, 5.41) is 0.579. The SMILES string of the molecule is CC(C)CC(CBr)NS(=O)(=O)c1cccc2c1N=S=N2. The van der Waals surface area contributed by atoms with Gasteiger partial charge < -0.3 is 0 Å². The predicted molar refractivity (Wildman–Crippen MR) is 85.3 cm³/mol. The molecule has 2 rings (SSSR count). The van der Waals surface area contributed by atoms with Gasteiger partial charge in [-0.1, -0.05) is 35.8 Å². The summed E-state index contributed by atoms with van der Waals surface area (Å²) >= 11 is 4.38. The summed E-state index contributed by atoms with van der Waals surface area (Å²) in [7, 11) is -3.59. The summed E-state index contributed by atoms with van der Waals surface area (Å²) in [6, 6.07) is 4.87. The van der Waals surface area contributed by atoms with Crippen LogP contribution in [0.4, 0.5) is 11.4 Å². The van der Waals surface area contributed by atoms with Crippen molar-refractivity contribution in [2.24, 2.45) is 14.6 Å². The molecule has 0 saturated heterocycles. The van der Waals surface area contributed by atoms with E-state index < -0.39 is 10.0 Å². The second-order valence-electron chi connectivity index (χ2n) is 4.99. The summed E-state index contributed by atoms with van der Waals surface area (Å²) in [5.41, 5.74) is 1.04. The highest BCUT2D eigenvalue weighted by atomic mass is 79.9. The summed E-state index contributed by atoms with van der Waals surface area (Å²) in [5.74, 6) is 0.414. The predicted octanol–water partition coefficient (Wildman–Crippen LogP) is 3.50. The number of fused-ring (bicyclic) bond motifs is 1. The lowest BCUT2D eigenvalue weighted by Crippen LogP contribution is -2.37. The van der Waals surface area contributed by atoms with Crippen molar-refractivity contribution in [1.82, 2.24) is 4.72 Å². The zero-order chi connectivity index (χ0) is 14.8. The maximum atomic E-state index is 12.5. The molecule has 1 aromatic rings. The molecule has 8 heteroatoms. The van der Waals surface area contributed by atoms with Crippen molar-refractivity contribution in [3.63, 3.8) is 0 Å². The van der Waals surface area contributed by atoms with Gasteiger partial charge in [0.25, 0.3) is 0 Å². The van der Waals surface area contributed by atoms with Gasteiger partial charge in [0.1, 0.15) is 16.3 Å². The molecule has 0 fully saturated rings. The highest BCUT2D eigenvalue weighted by Gasteiger charge is 2.25. The van der Waals surface area contributed by atoms with Crippen LogP contribution in [0.2, 0.25) is 0 Å². The van der Waals surface area contributed by atoms with Gasteiger partial charge in [-0.25, -0.2) is 13.1 Å². The molecule has 1 unspecified atom stereocenters. The molecule has 0 radical (unpaired) electrons. The van der Waals surface area contributed by atoms with E-state index in [1.54, 1.807) is 18.2 Å². The van der Waals surface area contributed by atoms with E-state index in [9.17, 15) is 8.42 Å². The Morgan fingerprint density at radius 2 is 2.10 bits per heavy atom. The van der Waals surface area contributed by atoms with E-state index in [4.69, 9.17) is 0 Å². The van der Waals surface area contributed by atoms with Crippen LogP contribution >= 0.6 is 15.9 Å². The van der Waals surface area contributed by atoms with Crippen LogP contribution in [0.3, 0.4) is 0 Å². The third kappa shape index (κ3) is 3.55. The molecule has 110 valence electrons. The van der Waals surface area contributed by atoms with Gasteiger partial charge in [0.2, 0.25) is 10.0 Å². The average molecular weight is 378 g/mol. The smallest absolute Gasteiger partial charge is 0.207 e. The second kappa shape index (κ2) is 6.46. The first-order valence-corrected chi connectivity index (χ1v) is 9.57. The summed E-state index contributed by atoms with van der Waals surface area (Å²) < 4.78 is 35.9. The first kappa shape index (κ1) is 15.8. The van der Waals surface area contributed by atoms with Crippen molar-refractivity contribution in [2.45, 2.75) is 31.2 Å². The lowest BCUT2D eigenvalue weighted by atomic mass is 10.1. The number of hydrogen-bond donors (Lipinski definition) is 1. The molecule has 0 bridgehead atoms. The van der Waals surface area contributed by atoms with Gasteiger partial charge in [0.15, 0.2) is 0 Å². The maximum absolute atomic E-state index is 12.5. The van der Waals surface area contributed by atoms with Gasteiger partial charge in [0.05, 0.1) is 11.4 Å². The van der Waals surface area contributed by atoms with Gasteiger partial charge in [-0.15, -0.1) is 0 Å². The largest absolute Gasteiger partial charge is 0.243 e. The minimum Gasteiger partial charge on any atom is -0.207 e. The molecule has 20 heavy (non-hydrogen) atoms. The summed E-state index contributed by atoms with van der Waals surface area (Å²) in [4.78, 5) is 0.193. The minimum absolute atomic E-state index is 0.137. The van der Waals surface area contributed by atoms with Gasteiger partial charge in [-0.05, 0) is 24.5 Å². The number of benzene rings is 1. The van der Waals surface area contributed by atoms with Crippen molar-refractivity contribution >= 4 is 48.7 Å². The van der Waals surface area contributed by atoms with Crippen LogP contribution in [0.25, 0.3) is 0 Å². The molecule has 1 atom stereocenters. The Bertz CT molecular complexity index is 667. The Labute approximate surface area is 131 Å². The van der Waals surface area contributed by atoms with Crippen LogP contribution in [-0.4, -0.2) is 19.8 Å². The van der Waals surface area contributed by atoms with Crippen molar-refractivity contribution < 1.29 is 8.42 Å². The molecule has 0 saturated carbocycles. The molecule has 1 aliphatic heterocycles. The fourth-order valence-corrected chi connectivity index (χ4v) is 4.65. The van der Waals surface area contributed by atoms with E-state index >= 15 is 0 Å². The molecule has 5 nitrogen and oxygen atoms in total. The molecular weight excluding hydrogens is 362 g/mol. The topological polar surface area (TPSA) is 70.9 Å². The lowest BCUT2D eigenvalue weighted by molar-refractivity contribution is 0.488. The minimum atomic E-state index is -3.59. The van der Waals surface area contributed by atoms with Gasteiger partial charge in [-0.3, -0.25) is 0 Å². The average Bonchev–Trinajstić information content (AvgIpc) is 2.84. The second-order valence-corrected chi connectivity index (χ2v) is 7.85. The molecule has 0 aliphatic carbocycles. The zero-order valence-electron chi connectivity index (χ0n) is 11.2. The molecule has 1 N–H and O–H groups in total. The van der Waals surface area contributed by atoms with E-state index in [1.807, 2.05) is 0 Å². The Hall–Kier alpha value is -0.570. The van der Waals surface area contributed by atoms with Crippen LogP contribution in [0, 0.1) is 5.92 Å². The molecule has 0 aromatic heterocycles. The number of nitrogens with one attached hydrogen (secondary N) is 1. The first-order chi connectivity index (χ1) is 9.44. The van der Waals surface area contributed by atoms with Crippen LogP contribution in [0.1, 0.15) is 20.3 Å². The number of halogens is 1. The molecule has 0 amide bonds. The first-order valence-electron chi connectivity index (χ1n) is 6.23. The molecule has 1 aliphatic rings.